The Bertz CT molecular complexity index is 398. The topological polar surface area (TPSA) is 55.1 Å². The molecule has 0 spiro atoms. The average Bonchev–Trinajstić information content (AvgIpc) is 2.69. The van der Waals surface area contributed by atoms with E-state index in [4.69, 9.17) is 5.11 Å². The third-order valence-corrected chi connectivity index (χ3v) is 3.58. The third kappa shape index (κ3) is 1.96. The lowest BCUT2D eigenvalue weighted by Crippen LogP contribution is -2.25. The highest BCUT2D eigenvalue weighted by atomic mass is 16.4. The first-order valence-electron chi connectivity index (χ1n) is 5.89. The van der Waals surface area contributed by atoms with E-state index >= 15 is 0 Å². The van der Waals surface area contributed by atoms with Gasteiger partial charge < -0.3 is 5.11 Å². The van der Waals surface area contributed by atoms with Crippen molar-refractivity contribution >= 4 is 5.97 Å². The molecule has 1 aromatic rings. The Morgan fingerprint density at radius 1 is 1.75 bits per heavy atom. The number of carbonyl (C=O) groups is 1. The maximum Gasteiger partial charge on any atom is 0.306 e. The fourth-order valence-electron chi connectivity index (χ4n) is 2.38. The summed E-state index contributed by atoms with van der Waals surface area (Å²) in [5, 5.41) is 13.5. The van der Waals surface area contributed by atoms with E-state index in [-0.39, 0.29) is 11.8 Å². The largest absolute Gasteiger partial charge is 0.481 e. The number of rotatable bonds is 3. The van der Waals surface area contributed by atoms with Crippen LogP contribution in [0, 0.1) is 11.8 Å². The number of aliphatic carboxylic acids is 1. The standard InChI is InChI=1S/C12H18N2O2/c1-3-14-7-10-6-9(8(2)12(15)16)4-5-11(10)13-14/h7-9H,3-6H2,1-2H3,(H,15,16). The Morgan fingerprint density at radius 3 is 3.12 bits per heavy atom. The van der Waals surface area contributed by atoms with Crippen LogP contribution in [0.25, 0.3) is 0 Å². The SMILES string of the molecule is CCn1cc2c(n1)CCC(C(C)C(=O)O)C2. The average molecular weight is 222 g/mol. The number of hydrogen-bond donors (Lipinski definition) is 1. The summed E-state index contributed by atoms with van der Waals surface area (Å²) in [4.78, 5) is 11.0. The summed E-state index contributed by atoms with van der Waals surface area (Å²) >= 11 is 0. The van der Waals surface area contributed by atoms with Gasteiger partial charge in [-0.1, -0.05) is 6.92 Å². The van der Waals surface area contributed by atoms with E-state index in [1.165, 1.54) is 5.56 Å². The molecule has 1 aliphatic rings. The van der Waals surface area contributed by atoms with Crippen molar-refractivity contribution in [1.29, 1.82) is 0 Å². The lowest BCUT2D eigenvalue weighted by molar-refractivity contribution is -0.143. The Labute approximate surface area is 95.3 Å². The monoisotopic (exact) mass is 222 g/mol. The van der Waals surface area contributed by atoms with Gasteiger partial charge in [-0.15, -0.1) is 0 Å². The fourth-order valence-corrected chi connectivity index (χ4v) is 2.38. The van der Waals surface area contributed by atoms with Crippen molar-refractivity contribution in [1.82, 2.24) is 9.78 Å². The van der Waals surface area contributed by atoms with Crippen LogP contribution in [-0.4, -0.2) is 20.9 Å². The van der Waals surface area contributed by atoms with Gasteiger partial charge in [-0.2, -0.15) is 5.10 Å². The van der Waals surface area contributed by atoms with Crippen molar-refractivity contribution in [2.75, 3.05) is 0 Å². The van der Waals surface area contributed by atoms with Crippen molar-refractivity contribution in [3.63, 3.8) is 0 Å². The van der Waals surface area contributed by atoms with Crippen LogP contribution in [0.15, 0.2) is 6.20 Å². The van der Waals surface area contributed by atoms with Gasteiger partial charge in [0.15, 0.2) is 0 Å². The highest BCUT2D eigenvalue weighted by Gasteiger charge is 2.29. The highest BCUT2D eigenvalue weighted by Crippen LogP contribution is 2.29. The summed E-state index contributed by atoms with van der Waals surface area (Å²) in [7, 11) is 0. The molecular formula is C12H18N2O2. The van der Waals surface area contributed by atoms with Gasteiger partial charge in [0.05, 0.1) is 11.6 Å². The summed E-state index contributed by atoms with van der Waals surface area (Å²) in [5.74, 6) is -0.672. The zero-order valence-corrected chi connectivity index (χ0v) is 9.81. The lowest BCUT2D eigenvalue weighted by atomic mass is 9.80. The molecule has 1 aliphatic carbocycles. The number of nitrogens with zero attached hydrogens (tertiary/aromatic N) is 2. The maximum absolute atomic E-state index is 11.0. The molecule has 2 unspecified atom stereocenters. The number of hydrogen-bond acceptors (Lipinski definition) is 2. The van der Waals surface area contributed by atoms with Gasteiger partial charge >= 0.3 is 5.97 Å². The number of carboxylic acids is 1. The second-order valence-electron chi connectivity index (χ2n) is 4.59. The predicted octanol–water partition coefficient (Wildman–Crippen LogP) is 1.73. The normalized spacial score (nSPS) is 21.5. The molecule has 2 rings (SSSR count). The molecule has 4 nitrogen and oxygen atoms in total. The van der Waals surface area contributed by atoms with Crippen LogP contribution in [0.2, 0.25) is 0 Å². The minimum absolute atomic E-state index is 0.252. The summed E-state index contributed by atoms with van der Waals surface area (Å²) < 4.78 is 1.94. The Morgan fingerprint density at radius 2 is 2.50 bits per heavy atom. The van der Waals surface area contributed by atoms with Crippen molar-refractivity contribution in [2.45, 2.75) is 39.7 Å². The van der Waals surface area contributed by atoms with E-state index in [0.29, 0.717) is 0 Å². The third-order valence-electron chi connectivity index (χ3n) is 3.58. The summed E-state index contributed by atoms with van der Waals surface area (Å²) in [5.41, 5.74) is 2.40. The predicted molar refractivity (Wildman–Crippen MR) is 60.2 cm³/mol. The Kier molecular flexibility index (Phi) is 2.99. The van der Waals surface area contributed by atoms with Crippen LogP contribution >= 0.6 is 0 Å². The quantitative estimate of drug-likeness (QED) is 0.847. The summed E-state index contributed by atoms with van der Waals surface area (Å²) in [6.07, 6.45) is 4.80. The van der Waals surface area contributed by atoms with Crippen molar-refractivity contribution in [2.24, 2.45) is 11.8 Å². The molecular weight excluding hydrogens is 204 g/mol. The molecule has 0 aromatic carbocycles. The van der Waals surface area contributed by atoms with Crippen LogP contribution in [0.4, 0.5) is 0 Å². The highest BCUT2D eigenvalue weighted by molar-refractivity contribution is 5.70. The molecule has 2 atom stereocenters. The van der Waals surface area contributed by atoms with Gasteiger partial charge in [-0.3, -0.25) is 9.48 Å². The molecule has 0 amide bonds. The molecule has 0 saturated heterocycles. The molecule has 1 N–H and O–H groups in total. The molecule has 0 saturated carbocycles. The molecule has 16 heavy (non-hydrogen) atoms. The number of carboxylic acid groups (broad SMARTS) is 1. The fraction of sp³-hybridized carbons (Fsp3) is 0.667. The van der Waals surface area contributed by atoms with E-state index in [1.807, 2.05) is 11.6 Å². The van der Waals surface area contributed by atoms with Gasteiger partial charge in [0, 0.05) is 12.7 Å². The zero-order valence-electron chi connectivity index (χ0n) is 9.81. The lowest BCUT2D eigenvalue weighted by Gasteiger charge is -2.24. The first-order chi connectivity index (χ1) is 7.61. The molecule has 1 aromatic heterocycles. The second kappa shape index (κ2) is 4.28. The second-order valence-corrected chi connectivity index (χ2v) is 4.59. The molecule has 1 heterocycles. The summed E-state index contributed by atoms with van der Waals surface area (Å²) in [6, 6.07) is 0. The Hall–Kier alpha value is -1.32. The molecule has 0 bridgehead atoms. The van der Waals surface area contributed by atoms with Crippen LogP contribution in [-0.2, 0) is 24.2 Å². The van der Waals surface area contributed by atoms with E-state index in [0.717, 1.165) is 31.5 Å². The van der Waals surface area contributed by atoms with Gasteiger partial charge in [-0.05, 0) is 37.7 Å². The summed E-state index contributed by atoms with van der Waals surface area (Å²) in [6.45, 7) is 4.75. The maximum atomic E-state index is 11.0. The first kappa shape index (κ1) is 11.2. The molecule has 0 aliphatic heterocycles. The van der Waals surface area contributed by atoms with Crippen LogP contribution in [0.1, 0.15) is 31.5 Å². The van der Waals surface area contributed by atoms with Gasteiger partial charge in [0.25, 0.3) is 0 Å². The number of aromatic nitrogens is 2. The first-order valence-corrected chi connectivity index (χ1v) is 5.89. The minimum Gasteiger partial charge on any atom is -0.481 e. The van der Waals surface area contributed by atoms with E-state index in [1.54, 1.807) is 0 Å². The molecule has 4 heteroatoms. The molecule has 0 fully saturated rings. The van der Waals surface area contributed by atoms with E-state index in [9.17, 15) is 4.79 Å². The van der Waals surface area contributed by atoms with E-state index < -0.39 is 5.97 Å². The van der Waals surface area contributed by atoms with Gasteiger partial charge in [0.2, 0.25) is 0 Å². The smallest absolute Gasteiger partial charge is 0.306 e. The van der Waals surface area contributed by atoms with Crippen LogP contribution in [0.5, 0.6) is 0 Å². The van der Waals surface area contributed by atoms with Crippen LogP contribution < -0.4 is 0 Å². The molecule has 88 valence electrons. The van der Waals surface area contributed by atoms with Crippen molar-refractivity contribution < 1.29 is 9.90 Å². The van der Waals surface area contributed by atoms with Gasteiger partial charge in [-0.25, -0.2) is 0 Å². The molecule has 0 radical (unpaired) electrons. The van der Waals surface area contributed by atoms with Crippen molar-refractivity contribution in [3.8, 4) is 0 Å². The van der Waals surface area contributed by atoms with Crippen LogP contribution in [0.3, 0.4) is 0 Å². The number of aryl methyl sites for hydroxylation is 2. The minimum atomic E-state index is -0.684. The van der Waals surface area contributed by atoms with Crippen molar-refractivity contribution in [3.05, 3.63) is 17.5 Å². The Balaban J connectivity index is 2.14. The van der Waals surface area contributed by atoms with Gasteiger partial charge in [0.1, 0.15) is 0 Å². The van der Waals surface area contributed by atoms with E-state index in [2.05, 4.69) is 18.2 Å². The number of fused-ring (bicyclic) bond motifs is 1. The zero-order chi connectivity index (χ0) is 11.7.